The van der Waals surface area contributed by atoms with Crippen LogP contribution in [0, 0.1) is 0 Å². The minimum Gasteiger partial charge on any atom is -0.444 e. The molecular weight excluding hydrogens is 515 g/mol. The van der Waals surface area contributed by atoms with Gasteiger partial charge >= 0.3 is 18.4 Å². The van der Waals surface area contributed by atoms with Gasteiger partial charge in [-0.1, -0.05) is 6.58 Å². The Morgan fingerprint density at radius 1 is 1.19 bits per heavy atom. The summed E-state index contributed by atoms with van der Waals surface area (Å²) in [7, 11) is 0.919. The summed E-state index contributed by atoms with van der Waals surface area (Å²) in [5, 5.41) is 2.24. The summed E-state index contributed by atoms with van der Waals surface area (Å²) in [6, 6.07) is -2.54. The van der Waals surface area contributed by atoms with Crippen LogP contribution in [-0.2, 0) is 9.53 Å². The molecule has 0 radical (unpaired) electrons. The van der Waals surface area contributed by atoms with Gasteiger partial charge < -0.3 is 15.0 Å². The topological polar surface area (TPSA) is 86.6 Å². The van der Waals surface area contributed by atoms with Gasteiger partial charge in [0.25, 0.3) is 0 Å². The van der Waals surface area contributed by atoms with E-state index < -0.39 is 78.7 Å². The molecule has 0 aromatic carbocycles. The third-order valence-corrected chi connectivity index (χ3v) is 5.21. The van der Waals surface area contributed by atoms with Crippen LogP contribution in [0.15, 0.2) is 22.1 Å². The van der Waals surface area contributed by atoms with E-state index in [-0.39, 0.29) is 6.54 Å². The van der Waals surface area contributed by atoms with Gasteiger partial charge in [0.05, 0.1) is 18.2 Å². The number of nitrogens with zero attached hydrogens (tertiary/aromatic N) is 4. The molecule has 0 saturated carbocycles. The Morgan fingerprint density at radius 3 is 2.22 bits per heavy atom. The fraction of sp³-hybridized carbons (Fsp3) is 0.727. The molecule has 0 aliphatic carbocycles. The van der Waals surface area contributed by atoms with Crippen LogP contribution in [0.4, 0.5) is 35.5 Å². The first-order chi connectivity index (χ1) is 16.7. The fourth-order valence-electron chi connectivity index (χ4n) is 3.38. The number of likely N-dealkylation sites (tertiary alicyclic amines) is 1. The van der Waals surface area contributed by atoms with E-state index in [0.717, 1.165) is 11.9 Å². The molecule has 1 aliphatic heterocycles. The second kappa shape index (κ2) is 12.1. The summed E-state index contributed by atoms with van der Waals surface area (Å²) in [6.07, 6.45) is -14.2. The van der Waals surface area contributed by atoms with Crippen molar-refractivity contribution in [2.45, 2.75) is 83.4 Å². The van der Waals surface area contributed by atoms with Crippen LogP contribution in [-0.4, -0.2) is 96.4 Å². The summed E-state index contributed by atoms with van der Waals surface area (Å²) < 4.78 is 98.6. The predicted octanol–water partition coefficient (Wildman–Crippen LogP) is 4.27. The van der Waals surface area contributed by atoms with E-state index in [4.69, 9.17) is 4.74 Å². The van der Waals surface area contributed by atoms with Gasteiger partial charge in [0, 0.05) is 26.2 Å². The zero-order valence-corrected chi connectivity index (χ0v) is 21.4. The second-order valence-electron chi connectivity index (χ2n) is 9.34. The highest BCUT2D eigenvalue weighted by atomic mass is 19.4. The third kappa shape index (κ3) is 9.18. The normalized spacial score (nSPS) is 22.2. The molecule has 1 unspecified atom stereocenters. The van der Waals surface area contributed by atoms with Gasteiger partial charge in [-0.05, 0) is 34.6 Å². The summed E-state index contributed by atoms with van der Waals surface area (Å²) >= 11 is 0. The van der Waals surface area contributed by atoms with Gasteiger partial charge in [0.15, 0.2) is 0 Å². The average Bonchev–Trinajstić information content (AvgIpc) is 3.02. The number of ether oxygens (including phenoxy) is 1. The molecular formula is C22H32F7N5O3. The zero-order chi connectivity index (χ0) is 28.9. The number of halogens is 7. The van der Waals surface area contributed by atoms with Crippen molar-refractivity contribution in [3.63, 3.8) is 0 Å². The third-order valence-electron chi connectivity index (χ3n) is 5.21. The molecule has 2 amide bonds. The first kappa shape index (κ1) is 32.2. The SMILES string of the molecule is C=C(/C=N\CC(NC(=O)[C@@H]1C[C@@H](F)[C@H](C)N1C(=O)OC(C)(C)C)N(C)/C(=N\CC)C(F)(F)F)C(F)(F)F. The highest BCUT2D eigenvalue weighted by molar-refractivity contribution is 5.90. The molecule has 1 aliphatic rings. The first-order valence-electron chi connectivity index (χ1n) is 11.3. The van der Waals surface area contributed by atoms with E-state index in [1.807, 2.05) is 0 Å². The van der Waals surface area contributed by atoms with E-state index >= 15 is 0 Å². The van der Waals surface area contributed by atoms with Crippen molar-refractivity contribution in [3.05, 3.63) is 12.2 Å². The van der Waals surface area contributed by atoms with Gasteiger partial charge in [-0.15, -0.1) is 0 Å². The van der Waals surface area contributed by atoms with Crippen LogP contribution in [0.3, 0.4) is 0 Å². The molecule has 1 heterocycles. The monoisotopic (exact) mass is 547 g/mol. The van der Waals surface area contributed by atoms with E-state index in [2.05, 4.69) is 21.9 Å². The Labute approximate surface area is 210 Å². The first-order valence-corrected chi connectivity index (χ1v) is 11.3. The molecule has 1 fully saturated rings. The number of amidine groups is 1. The number of hydrogen-bond acceptors (Lipinski definition) is 5. The molecule has 1 N–H and O–H groups in total. The number of amides is 2. The number of carbonyl (C=O) groups is 2. The number of rotatable bonds is 7. The molecule has 37 heavy (non-hydrogen) atoms. The number of allylic oxidation sites excluding steroid dienone is 1. The Morgan fingerprint density at radius 2 is 1.76 bits per heavy atom. The van der Waals surface area contributed by atoms with E-state index in [0.29, 0.717) is 11.1 Å². The minimum absolute atomic E-state index is 0.288. The molecule has 212 valence electrons. The standard InChI is InChI=1S/C22H32F7N5O3/c1-8-31-18(22(27,28)29)33(7)16(11-30-10-12(2)21(24,25)26)32-17(35)15-9-14(23)13(3)34(15)19(36)37-20(4,5)6/h10,13-16H,2,8-9,11H2,1,3-7H3,(H,32,35)/b30-10-,31-18-/t13-,14+,15-,16?/m0/s1. The Bertz CT molecular complexity index is 897. The van der Waals surface area contributed by atoms with Crippen LogP contribution in [0.2, 0.25) is 0 Å². The number of likely N-dealkylation sites (N-methyl/N-ethyl adjacent to an activating group) is 1. The quantitative estimate of drug-likeness (QED) is 0.223. The van der Waals surface area contributed by atoms with Gasteiger partial charge in [0.2, 0.25) is 11.7 Å². The lowest BCUT2D eigenvalue weighted by Crippen LogP contribution is -2.58. The maximum atomic E-state index is 14.5. The Kier molecular flexibility index (Phi) is 10.5. The van der Waals surface area contributed by atoms with Crippen molar-refractivity contribution in [1.82, 2.24) is 15.1 Å². The maximum absolute atomic E-state index is 14.5. The van der Waals surface area contributed by atoms with Gasteiger partial charge in [0.1, 0.15) is 24.0 Å². The molecule has 15 heteroatoms. The van der Waals surface area contributed by atoms with Crippen molar-refractivity contribution in [1.29, 1.82) is 0 Å². The number of alkyl halides is 7. The Balaban J connectivity index is 3.30. The number of carbonyl (C=O) groups excluding carboxylic acids is 2. The number of nitrogens with one attached hydrogen (secondary N) is 1. The smallest absolute Gasteiger partial charge is 0.444 e. The van der Waals surface area contributed by atoms with E-state index in [1.54, 1.807) is 20.8 Å². The van der Waals surface area contributed by atoms with Crippen LogP contribution in [0.25, 0.3) is 0 Å². The maximum Gasteiger partial charge on any atom is 0.449 e. The molecule has 0 aromatic rings. The van der Waals surface area contributed by atoms with E-state index in [1.165, 1.54) is 13.8 Å². The lowest BCUT2D eigenvalue weighted by atomic mass is 10.1. The number of aliphatic imine (C=N–C) groups is 2. The molecule has 0 bridgehead atoms. The van der Waals surface area contributed by atoms with Crippen LogP contribution >= 0.6 is 0 Å². The number of hydrogen-bond donors (Lipinski definition) is 1. The molecule has 0 spiro atoms. The minimum atomic E-state index is -4.97. The molecule has 8 nitrogen and oxygen atoms in total. The largest absolute Gasteiger partial charge is 0.449 e. The van der Waals surface area contributed by atoms with Crippen LogP contribution < -0.4 is 5.32 Å². The van der Waals surface area contributed by atoms with Crippen molar-refractivity contribution < 1.29 is 45.1 Å². The van der Waals surface area contributed by atoms with Crippen molar-refractivity contribution in [3.8, 4) is 0 Å². The van der Waals surface area contributed by atoms with Crippen molar-refractivity contribution >= 4 is 24.1 Å². The zero-order valence-electron chi connectivity index (χ0n) is 21.4. The Hall–Kier alpha value is -2.87. The molecule has 0 aromatic heterocycles. The molecule has 1 saturated heterocycles. The average molecular weight is 548 g/mol. The van der Waals surface area contributed by atoms with Crippen molar-refractivity contribution in [2.24, 2.45) is 9.98 Å². The summed E-state index contributed by atoms with van der Waals surface area (Å²) in [4.78, 5) is 34.0. The highest BCUT2D eigenvalue weighted by Gasteiger charge is 2.48. The van der Waals surface area contributed by atoms with Crippen molar-refractivity contribution in [2.75, 3.05) is 20.1 Å². The second-order valence-corrected chi connectivity index (χ2v) is 9.34. The van der Waals surface area contributed by atoms with E-state index in [9.17, 15) is 40.3 Å². The molecule has 1 rings (SSSR count). The summed E-state index contributed by atoms with van der Waals surface area (Å²) in [5.41, 5.74) is -2.34. The highest BCUT2D eigenvalue weighted by Crippen LogP contribution is 2.30. The predicted molar refractivity (Wildman–Crippen MR) is 123 cm³/mol. The van der Waals surface area contributed by atoms with Gasteiger partial charge in [-0.25, -0.2) is 9.18 Å². The van der Waals surface area contributed by atoms with Gasteiger partial charge in [-0.3, -0.25) is 19.7 Å². The summed E-state index contributed by atoms with van der Waals surface area (Å²) in [6.45, 7) is 9.06. The fourth-order valence-corrected chi connectivity index (χ4v) is 3.38. The lowest BCUT2D eigenvalue weighted by molar-refractivity contribution is -0.127. The van der Waals surface area contributed by atoms with Crippen LogP contribution in [0.1, 0.15) is 41.0 Å². The van der Waals surface area contributed by atoms with Gasteiger partial charge in [-0.2, -0.15) is 26.3 Å². The van der Waals surface area contributed by atoms with Crippen LogP contribution in [0.5, 0.6) is 0 Å². The summed E-state index contributed by atoms with van der Waals surface area (Å²) in [5.74, 6) is -2.46. The molecule has 4 atom stereocenters. The lowest BCUT2D eigenvalue weighted by Gasteiger charge is -2.34.